The fourth-order valence-electron chi connectivity index (χ4n) is 3.09. The molecule has 1 amide bonds. The summed E-state index contributed by atoms with van der Waals surface area (Å²) in [5.74, 6) is 1.04. The molecule has 0 saturated carbocycles. The van der Waals surface area contributed by atoms with Crippen LogP contribution in [0.15, 0.2) is 48.1 Å². The van der Waals surface area contributed by atoms with Crippen LogP contribution in [0, 0.1) is 6.92 Å². The monoisotopic (exact) mass is 364 g/mol. The summed E-state index contributed by atoms with van der Waals surface area (Å²) in [4.78, 5) is 25.4. The molecule has 5 nitrogen and oxygen atoms in total. The molecule has 2 aromatic heterocycles. The Morgan fingerprint density at radius 2 is 1.85 bits per heavy atom. The fraction of sp³-hybridized carbons (Fsp3) is 0.250. The number of carbonyl (C=O) groups is 1. The Morgan fingerprint density at radius 3 is 2.62 bits per heavy atom. The molecule has 26 heavy (non-hydrogen) atoms. The van der Waals surface area contributed by atoms with Gasteiger partial charge in [-0.25, -0.2) is 9.97 Å². The number of anilines is 1. The molecule has 132 valence electrons. The molecule has 1 fully saturated rings. The third-order valence-corrected chi connectivity index (χ3v) is 5.51. The van der Waals surface area contributed by atoms with E-state index in [9.17, 15) is 4.79 Å². The Labute approximate surface area is 156 Å². The van der Waals surface area contributed by atoms with Crippen molar-refractivity contribution in [2.75, 3.05) is 31.1 Å². The van der Waals surface area contributed by atoms with Crippen molar-refractivity contribution >= 4 is 39.4 Å². The molecular weight excluding hydrogens is 344 g/mol. The van der Waals surface area contributed by atoms with Crippen LogP contribution in [0.3, 0.4) is 0 Å². The summed E-state index contributed by atoms with van der Waals surface area (Å²) in [6.07, 6.45) is 5.17. The van der Waals surface area contributed by atoms with Gasteiger partial charge in [0.05, 0.1) is 10.2 Å². The summed E-state index contributed by atoms with van der Waals surface area (Å²) in [5, 5.41) is 2.04. The molecule has 0 N–H and O–H groups in total. The molecule has 1 aliphatic heterocycles. The lowest BCUT2D eigenvalue weighted by molar-refractivity contribution is -0.126. The topological polar surface area (TPSA) is 49.3 Å². The number of hydrogen-bond acceptors (Lipinski definition) is 5. The second-order valence-corrected chi connectivity index (χ2v) is 7.30. The first-order valence-corrected chi connectivity index (χ1v) is 9.55. The Morgan fingerprint density at radius 1 is 1.08 bits per heavy atom. The molecule has 0 aliphatic carbocycles. The number of piperazine rings is 1. The van der Waals surface area contributed by atoms with Crippen LogP contribution in [-0.4, -0.2) is 47.0 Å². The third-order valence-electron chi connectivity index (χ3n) is 4.61. The van der Waals surface area contributed by atoms with Gasteiger partial charge in [0.25, 0.3) is 0 Å². The van der Waals surface area contributed by atoms with Crippen molar-refractivity contribution in [1.82, 2.24) is 14.9 Å². The number of aromatic nitrogens is 2. The van der Waals surface area contributed by atoms with E-state index in [2.05, 4.69) is 33.9 Å². The lowest BCUT2D eigenvalue weighted by atomic mass is 10.1. The number of benzene rings is 1. The first-order chi connectivity index (χ1) is 12.7. The van der Waals surface area contributed by atoms with Crippen molar-refractivity contribution in [3.05, 3.63) is 59.2 Å². The highest BCUT2D eigenvalue weighted by Gasteiger charge is 2.22. The van der Waals surface area contributed by atoms with Gasteiger partial charge in [-0.05, 0) is 30.0 Å². The highest BCUT2D eigenvalue weighted by atomic mass is 32.1. The summed E-state index contributed by atoms with van der Waals surface area (Å²) in [6.45, 7) is 5.03. The highest BCUT2D eigenvalue weighted by Crippen LogP contribution is 2.28. The van der Waals surface area contributed by atoms with Crippen molar-refractivity contribution in [2.24, 2.45) is 0 Å². The average Bonchev–Trinajstić information content (AvgIpc) is 3.16. The zero-order valence-electron chi connectivity index (χ0n) is 14.6. The van der Waals surface area contributed by atoms with E-state index >= 15 is 0 Å². The number of rotatable bonds is 3. The maximum atomic E-state index is 12.4. The number of thiophene rings is 1. The van der Waals surface area contributed by atoms with Gasteiger partial charge in [0, 0.05) is 32.3 Å². The summed E-state index contributed by atoms with van der Waals surface area (Å²) in [6, 6.07) is 10.2. The van der Waals surface area contributed by atoms with E-state index in [0.717, 1.165) is 34.7 Å². The van der Waals surface area contributed by atoms with E-state index in [-0.39, 0.29) is 5.91 Å². The molecule has 0 spiro atoms. The van der Waals surface area contributed by atoms with Gasteiger partial charge in [0.15, 0.2) is 0 Å². The minimum absolute atomic E-state index is 0.0641. The van der Waals surface area contributed by atoms with Crippen LogP contribution in [0.2, 0.25) is 0 Å². The van der Waals surface area contributed by atoms with Crippen molar-refractivity contribution < 1.29 is 4.79 Å². The maximum absolute atomic E-state index is 12.4. The smallest absolute Gasteiger partial charge is 0.246 e. The van der Waals surface area contributed by atoms with Crippen LogP contribution >= 0.6 is 11.3 Å². The first-order valence-electron chi connectivity index (χ1n) is 8.67. The second-order valence-electron chi connectivity index (χ2n) is 6.39. The number of nitrogens with zero attached hydrogens (tertiary/aromatic N) is 4. The number of hydrogen-bond donors (Lipinski definition) is 0. The average molecular weight is 364 g/mol. The Balaban J connectivity index is 1.39. The normalized spacial score (nSPS) is 15.1. The zero-order valence-corrected chi connectivity index (χ0v) is 15.4. The maximum Gasteiger partial charge on any atom is 0.246 e. The van der Waals surface area contributed by atoms with Crippen molar-refractivity contribution in [3.63, 3.8) is 0 Å². The quantitative estimate of drug-likeness (QED) is 0.669. The Kier molecular flexibility index (Phi) is 4.67. The predicted octanol–water partition coefficient (Wildman–Crippen LogP) is 3.36. The summed E-state index contributed by atoms with van der Waals surface area (Å²) in [5.41, 5.74) is 3.25. The Hall–Kier alpha value is -2.73. The first kappa shape index (κ1) is 16.7. The minimum Gasteiger partial charge on any atom is -0.352 e. The van der Waals surface area contributed by atoms with Gasteiger partial charge >= 0.3 is 0 Å². The molecule has 3 aromatic rings. The van der Waals surface area contributed by atoms with Gasteiger partial charge in [-0.2, -0.15) is 0 Å². The van der Waals surface area contributed by atoms with Gasteiger partial charge in [-0.1, -0.05) is 29.8 Å². The summed E-state index contributed by atoms with van der Waals surface area (Å²) in [7, 11) is 0. The fourth-order valence-corrected chi connectivity index (χ4v) is 3.95. The summed E-state index contributed by atoms with van der Waals surface area (Å²) < 4.78 is 1.12. The molecule has 0 atom stereocenters. The van der Waals surface area contributed by atoms with Crippen LogP contribution in [0.5, 0.6) is 0 Å². The number of carbonyl (C=O) groups excluding carboxylic acids is 1. The standard InChI is InChI=1S/C20H20N4OS/c1-15-2-4-16(5-3-15)6-7-18(25)23-9-11-24(12-10-23)20-19-17(8-13-26-19)21-14-22-20/h2-8,13-14H,9-12H2,1H3. The lowest BCUT2D eigenvalue weighted by Crippen LogP contribution is -2.48. The van der Waals surface area contributed by atoms with Crippen LogP contribution < -0.4 is 4.90 Å². The SMILES string of the molecule is Cc1ccc(C=CC(=O)N2CCN(c3ncnc4ccsc34)CC2)cc1. The molecular formula is C20H20N4OS. The number of amides is 1. The molecule has 6 heteroatoms. The van der Waals surface area contributed by atoms with Crippen molar-refractivity contribution in [2.45, 2.75) is 6.92 Å². The van der Waals surface area contributed by atoms with Gasteiger partial charge in [-0.3, -0.25) is 4.79 Å². The molecule has 0 bridgehead atoms. The molecule has 0 unspecified atom stereocenters. The molecule has 0 radical (unpaired) electrons. The van der Waals surface area contributed by atoms with Crippen LogP contribution in [0.25, 0.3) is 16.3 Å². The van der Waals surface area contributed by atoms with Crippen LogP contribution in [0.4, 0.5) is 5.82 Å². The third kappa shape index (κ3) is 3.46. The van der Waals surface area contributed by atoms with E-state index in [4.69, 9.17) is 0 Å². The van der Waals surface area contributed by atoms with Gasteiger partial charge in [-0.15, -0.1) is 11.3 Å². The van der Waals surface area contributed by atoms with Gasteiger partial charge < -0.3 is 9.80 Å². The van der Waals surface area contributed by atoms with Crippen molar-refractivity contribution in [1.29, 1.82) is 0 Å². The number of fused-ring (bicyclic) bond motifs is 1. The molecule has 1 aliphatic rings. The van der Waals surface area contributed by atoms with E-state index in [1.165, 1.54) is 5.56 Å². The molecule has 3 heterocycles. The lowest BCUT2D eigenvalue weighted by Gasteiger charge is -2.35. The highest BCUT2D eigenvalue weighted by molar-refractivity contribution is 7.17. The largest absolute Gasteiger partial charge is 0.352 e. The second kappa shape index (κ2) is 7.25. The summed E-state index contributed by atoms with van der Waals surface area (Å²) >= 11 is 1.66. The zero-order chi connectivity index (χ0) is 17.9. The Bertz CT molecular complexity index is 940. The molecule has 1 aromatic carbocycles. The predicted molar refractivity (Wildman–Crippen MR) is 106 cm³/mol. The van der Waals surface area contributed by atoms with E-state index in [1.807, 2.05) is 34.6 Å². The van der Waals surface area contributed by atoms with Crippen LogP contribution in [0.1, 0.15) is 11.1 Å². The molecule has 1 saturated heterocycles. The van der Waals surface area contributed by atoms with E-state index in [1.54, 1.807) is 23.7 Å². The van der Waals surface area contributed by atoms with E-state index < -0.39 is 0 Å². The van der Waals surface area contributed by atoms with Gasteiger partial charge in [0.1, 0.15) is 12.1 Å². The van der Waals surface area contributed by atoms with Crippen LogP contribution in [-0.2, 0) is 4.79 Å². The molecule has 4 rings (SSSR count). The van der Waals surface area contributed by atoms with Gasteiger partial charge in [0.2, 0.25) is 5.91 Å². The number of aryl methyl sites for hydroxylation is 1. The van der Waals surface area contributed by atoms with E-state index in [0.29, 0.717) is 13.1 Å². The van der Waals surface area contributed by atoms with Crippen molar-refractivity contribution in [3.8, 4) is 0 Å². The minimum atomic E-state index is 0.0641.